The molecule has 1 N–H and O–H groups in total. The summed E-state index contributed by atoms with van der Waals surface area (Å²) in [6, 6.07) is 8.41. The number of pyridine rings is 1. The van der Waals surface area contributed by atoms with E-state index >= 15 is 0 Å². The summed E-state index contributed by atoms with van der Waals surface area (Å²) in [7, 11) is 0. The number of piperazine rings is 1. The highest BCUT2D eigenvalue weighted by molar-refractivity contribution is 5.95. The summed E-state index contributed by atoms with van der Waals surface area (Å²) >= 11 is 0. The van der Waals surface area contributed by atoms with Crippen molar-refractivity contribution in [3.05, 3.63) is 48.6 Å². The van der Waals surface area contributed by atoms with Crippen LogP contribution in [0.3, 0.4) is 0 Å². The maximum atomic E-state index is 12.5. The Kier molecular flexibility index (Phi) is 4.79. The molecule has 0 bridgehead atoms. The molecule has 1 fully saturated rings. The molecular weight excluding hydrogens is 308 g/mol. The summed E-state index contributed by atoms with van der Waals surface area (Å²) in [6.45, 7) is 4.35. The second-order valence-electron chi connectivity index (χ2n) is 5.67. The molecule has 7 nitrogen and oxygen atoms in total. The lowest BCUT2D eigenvalue weighted by atomic mass is 10.2. The summed E-state index contributed by atoms with van der Waals surface area (Å²) in [6.07, 6.45) is 3.19. The van der Waals surface area contributed by atoms with Crippen LogP contribution in [0.5, 0.6) is 0 Å². The van der Waals surface area contributed by atoms with E-state index in [9.17, 15) is 9.59 Å². The molecule has 1 unspecified atom stereocenters. The number of anilines is 1. The van der Waals surface area contributed by atoms with Crippen LogP contribution >= 0.6 is 0 Å². The van der Waals surface area contributed by atoms with Gasteiger partial charge in [0.25, 0.3) is 5.91 Å². The zero-order chi connectivity index (χ0) is 16.9. The Morgan fingerprint density at radius 1 is 1.17 bits per heavy atom. The zero-order valence-electron chi connectivity index (χ0n) is 13.5. The molecule has 0 aromatic carbocycles. The molecule has 2 aromatic heterocycles. The average molecular weight is 328 g/mol. The summed E-state index contributed by atoms with van der Waals surface area (Å²) in [4.78, 5) is 32.7. The highest BCUT2D eigenvalue weighted by Gasteiger charge is 2.26. The monoisotopic (exact) mass is 328 g/mol. The lowest BCUT2D eigenvalue weighted by Crippen LogP contribution is -2.54. The van der Waals surface area contributed by atoms with Crippen molar-refractivity contribution in [3.63, 3.8) is 0 Å². The van der Waals surface area contributed by atoms with E-state index in [0.717, 1.165) is 18.9 Å². The molecule has 3 heterocycles. The van der Waals surface area contributed by atoms with Gasteiger partial charge in [-0.15, -0.1) is 0 Å². The summed E-state index contributed by atoms with van der Waals surface area (Å²) < 4.78 is 5.03. The summed E-state index contributed by atoms with van der Waals surface area (Å²) in [5, 5.41) is 2.67. The molecule has 0 spiro atoms. The molecule has 0 aliphatic carbocycles. The number of amides is 2. The van der Waals surface area contributed by atoms with E-state index in [1.165, 1.54) is 6.26 Å². The average Bonchev–Trinajstić information content (AvgIpc) is 3.17. The predicted octanol–water partition coefficient (Wildman–Crippen LogP) is 1.14. The fraction of sp³-hybridized carbons (Fsp3) is 0.353. The standard InChI is InChI=1S/C17H20N4O3/c1-13(19-16(22)14-5-4-12-24-14)17(23)21-10-8-20(9-11-21)15-6-2-3-7-18-15/h2-7,12-13H,8-11H2,1H3,(H,19,22). The van der Waals surface area contributed by atoms with Gasteiger partial charge in [-0.2, -0.15) is 0 Å². The van der Waals surface area contributed by atoms with Crippen molar-refractivity contribution in [2.45, 2.75) is 13.0 Å². The van der Waals surface area contributed by atoms with Gasteiger partial charge in [0.15, 0.2) is 5.76 Å². The number of aromatic nitrogens is 1. The fourth-order valence-corrected chi connectivity index (χ4v) is 2.71. The maximum absolute atomic E-state index is 12.5. The van der Waals surface area contributed by atoms with E-state index < -0.39 is 6.04 Å². The van der Waals surface area contributed by atoms with Crippen LogP contribution in [-0.2, 0) is 4.79 Å². The van der Waals surface area contributed by atoms with Gasteiger partial charge in [0, 0.05) is 32.4 Å². The molecule has 3 rings (SSSR count). The van der Waals surface area contributed by atoms with Crippen LogP contribution in [0.4, 0.5) is 5.82 Å². The number of nitrogens with zero attached hydrogens (tertiary/aromatic N) is 3. The summed E-state index contributed by atoms with van der Waals surface area (Å²) in [5.74, 6) is 0.655. The third-order valence-electron chi connectivity index (χ3n) is 4.03. The largest absolute Gasteiger partial charge is 0.459 e. The number of rotatable bonds is 4. The molecule has 126 valence electrons. The van der Waals surface area contributed by atoms with Crippen LogP contribution in [0.1, 0.15) is 17.5 Å². The third kappa shape index (κ3) is 3.56. The summed E-state index contributed by atoms with van der Waals surface area (Å²) in [5.41, 5.74) is 0. The lowest BCUT2D eigenvalue weighted by Gasteiger charge is -2.36. The minimum atomic E-state index is -0.594. The molecule has 2 amide bonds. The van der Waals surface area contributed by atoms with Gasteiger partial charge >= 0.3 is 0 Å². The third-order valence-corrected chi connectivity index (χ3v) is 4.03. The Bertz CT molecular complexity index is 679. The van der Waals surface area contributed by atoms with E-state index in [4.69, 9.17) is 4.42 Å². The van der Waals surface area contributed by atoms with Crippen LogP contribution in [0.15, 0.2) is 47.2 Å². The highest BCUT2D eigenvalue weighted by Crippen LogP contribution is 2.13. The number of furan rings is 1. The molecule has 2 aromatic rings. The minimum Gasteiger partial charge on any atom is -0.459 e. The van der Waals surface area contributed by atoms with E-state index in [1.807, 2.05) is 18.2 Å². The topological polar surface area (TPSA) is 78.7 Å². The van der Waals surface area contributed by atoms with E-state index in [-0.39, 0.29) is 17.6 Å². The number of hydrogen-bond acceptors (Lipinski definition) is 5. The van der Waals surface area contributed by atoms with Gasteiger partial charge in [-0.25, -0.2) is 4.98 Å². The van der Waals surface area contributed by atoms with Crippen LogP contribution in [0.2, 0.25) is 0 Å². The molecule has 1 aliphatic heterocycles. The normalized spacial score (nSPS) is 15.9. The number of nitrogens with one attached hydrogen (secondary N) is 1. The first-order chi connectivity index (χ1) is 11.6. The highest BCUT2D eigenvalue weighted by atomic mass is 16.3. The molecule has 7 heteroatoms. The zero-order valence-corrected chi connectivity index (χ0v) is 13.5. The van der Waals surface area contributed by atoms with Gasteiger partial charge in [-0.1, -0.05) is 6.07 Å². The lowest BCUT2D eigenvalue weighted by molar-refractivity contribution is -0.133. The number of carbonyl (C=O) groups is 2. The molecular formula is C17H20N4O3. The maximum Gasteiger partial charge on any atom is 0.287 e. The number of hydrogen-bond donors (Lipinski definition) is 1. The first kappa shape index (κ1) is 16.0. The van der Waals surface area contributed by atoms with Crippen molar-refractivity contribution < 1.29 is 14.0 Å². The SMILES string of the molecule is CC(NC(=O)c1ccco1)C(=O)N1CCN(c2ccccn2)CC1. The molecule has 0 radical (unpaired) electrons. The Morgan fingerprint density at radius 3 is 2.58 bits per heavy atom. The van der Waals surface area contributed by atoms with Crippen LogP contribution in [-0.4, -0.2) is 53.9 Å². The molecule has 1 saturated heterocycles. The van der Waals surface area contributed by atoms with Gasteiger partial charge < -0.3 is 19.5 Å². The van der Waals surface area contributed by atoms with Crippen molar-refractivity contribution in [1.82, 2.24) is 15.2 Å². The van der Waals surface area contributed by atoms with Gasteiger partial charge in [-0.3, -0.25) is 9.59 Å². The Balaban J connectivity index is 1.52. The Hall–Kier alpha value is -2.83. The Morgan fingerprint density at radius 2 is 1.96 bits per heavy atom. The first-order valence-corrected chi connectivity index (χ1v) is 7.94. The van der Waals surface area contributed by atoms with E-state index in [1.54, 1.807) is 30.2 Å². The van der Waals surface area contributed by atoms with Crippen LogP contribution in [0, 0.1) is 0 Å². The molecule has 1 aliphatic rings. The van der Waals surface area contributed by atoms with Crippen molar-refractivity contribution in [3.8, 4) is 0 Å². The first-order valence-electron chi connectivity index (χ1n) is 7.94. The number of carbonyl (C=O) groups excluding carboxylic acids is 2. The second kappa shape index (κ2) is 7.16. The van der Waals surface area contributed by atoms with E-state index in [0.29, 0.717) is 13.1 Å². The molecule has 0 saturated carbocycles. The quantitative estimate of drug-likeness (QED) is 0.910. The fourth-order valence-electron chi connectivity index (χ4n) is 2.71. The van der Waals surface area contributed by atoms with Crippen LogP contribution in [0.25, 0.3) is 0 Å². The van der Waals surface area contributed by atoms with Crippen molar-refractivity contribution >= 4 is 17.6 Å². The molecule has 1 atom stereocenters. The van der Waals surface area contributed by atoms with Crippen molar-refractivity contribution in [1.29, 1.82) is 0 Å². The van der Waals surface area contributed by atoms with Crippen molar-refractivity contribution in [2.24, 2.45) is 0 Å². The molecule has 24 heavy (non-hydrogen) atoms. The smallest absolute Gasteiger partial charge is 0.287 e. The predicted molar refractivity (Wildman–Crippen MR) is 88.7 cm³/mol. The van der Waals surface area contributed by atoms with Gasteiger partial charge in [-0.05, 0) is 31.2 Å². The van der Waals surface area contributed by atoms with Gasteiger partial charge in [0.05, 0.1) is 6.26 Å². The minimum absolute atomic E-state index is 0.0874. The van der Waals surface area contributed by atoms with Gasteiger partial charge in [0.1, 0.15) is 11.9 Å². The second-order valence-corrected chi connectivity index (χ2v) is 5.67. The van der Waals surface area contributed by atoms with Crippen LogP contribution < -0.4 is 10.2 Å². The van der Waals surface area contributed by atoms with Crippen molar-refractivity contribution in [2.75, 3.05) is 31.1 Å². The van der Waals surface area contributed by atoms with Gasteiger partial charge in [0.2, 0.25) is 5.91 Å². The Labute approximate surface area is 140 Å². The van der Waals surface area contributed by atoms with E-state index in [2.05, 4.69) is 15.2 Å².